The first-order valence-corrected chi connectivity index (χ1v) is 6.35. The van der Waals surface area contributed by atoms with Gasteiger partial charge in [-0.2, -0.15) is 0 Å². The smallest absolute Gasteiger partial charge is 0.236 e. The number of nitrogens with zero attached hydrogens (tertiary/aromatic N) is 2. The molecule has 94 valence electrons. The molecule has 1 heterocycles. The number of hydrogen-bond acceptors (Lipinski definition) is 4. The Kier molecular flexibility index (Phi) is 4.28. The molecule has 1 aromatic carbocycles. The summed E-state index contributed by atoms with van der Waals surface area (Å²) in [4.78, 5) is 8.34. The van der Waals surface area contributed by atoms with Crippen LogP contribution in [-0.4, -0.2) is 17.1 Å². The SMILES string of the molecule is COc1nccnc1C(N)Cc1ccc(Br)cc1. The Morgan fingerprint density at radius 2 is 1.89 bits per heavy atom. The van der Waals surface area contributed by atoms with Crippen molar-refractivity contribution in [3.05, 3.63) is 52.4 Å². The molecule has 2 N–H and O–H groups in total. The second-order valence-electron chi connectivity index (χ2n) is 3.89. The lowest BCUT2D eigenvalue weighted by Crippen LogP contribution is -2.16. The molecule has 5 heteroatoms. The number of nitrogens with two attached hydrogens (primary N) is 1. The fourth-order valence-corrected chi connectivity index (χ4v) is 1.98. The molecule has 0 saturated heterocycles. The van der Waals surface area contributed by atoms with Crippen LogP contribution in [0.4, 0.5) is 0 Å². The molecule has 0 radical (unpaired) electrons. The van der Waals surface area contributed by atoms with Gasteiger partial charge in [-0.15, -0.1) is 0 Å². The topological polar surface area (TPSA) is 61.0 Å². The third kappa shape index (κ3) is 3.05. The van der Waals surface area contributed by atoms with E-state index in [0.717, 1.165) is 10.0 Å². The van der Waals surface area contributed by atoms with E-state index in [1.165, 1.54) is 0 Å². The van der Waals surface area contributed by atoms with Crippen LogP contribution in [0.5, 0.6) is 5.88 Å². The zero-order chi connectivity index (χ0) is 13.0. The second-order valence-corrected chi connectivity index (χ2v) is 4.80. The van der Waals surface area contributed by atoms with Crippen LogP contribution in [0.3, 0.4) is 0 Å². The third-order valence-electron chi connectivity index (χ3n) is 2.60. The minimum Gasteiger partial charge on any atom is -0.480 e. The van der Waals surface area contributed by atoms with Crippen molar-refractivity contribution in [2.75, 3.05) is 7.11 Å². The zero-order valence-electron chi connectivity index (χ0n) is 10.0. The Morgan fingerprint density at radius 1 is 1.22 bits per heavy atom. The molecule has 18 heavy (non-hydrogen) atoms. The van der Waals surface area contributed by atoms with E-state index < -0.39 is 0 Å². The summed E-state index contributed by atoms with van der Waals surface area (Å²) < 4.78 is 6.21. The van der Waals surface area contributed by atoms with Gasteiger partial charge in [0.25, 0.3) is 0 Å². The van der Waals surface area contributed by atoms with Gasteiger partial charge in [0.05, 0.1) is 13.2 Å². The molecule has 2 rings (SSSR count). The summed E-state index contributed by atoms with van der Waals surface area (Å²) in [6.07, 6.45) is 3.91. The fraction of sp³-hybridized carbons (Fsp3) is 0.231. The predicted molar refractivity (Wildman–Crippen MR) is 73.4 cm³/mol. The van der Waals surface area contributed by atoms with Gasteiger partial charge in [-0.05, 0) is 24.1 Å². The zero-order valence-corrected chi connectivity index (χ0v) is 11.6. The highest BCUT2D eigenvalue weighted by Gasteiger charge is 2.14. The van der Waals surface area contributed by atoms with Gasteiger partial charge >= 0.3 is 0 Å². The van der Waals surface area contributed by atoms with E-state index in [4.69, 9.17) is 10.5 Å². The van der Waals surface area contributed by atoms with Crippen molar-refractivity contribution >= 4 is 15.9 Å². The molecular weight excluding hydrogens is 294 g/mol. The van der Waals surface area contributed by atoms with Gasteiger partial charge in [-0.1, -0.05) is 28.1 Å². The van der Waals surface area contributed by atoms with Crippen LogP contribution >= 0.6 is 15.9 Å². The number of aromatic nitrogens is 2. The summed E-state index contributed by atoms with van der Waals surface area (Å²) in [7, 11) is 1.57. The summed E-state index contributed by atoms with van der Waals surface area (Å²) in [6, 6.07) is 7.83. The quantitative estimate of drug-likeness (QED) is 0.942. The maximum absolute atomic E-state index is 6.15. The molecule has 0 fully saturated rings. The maximum Gasteiger partial charge on any atom is 0.236 e. The second kappa shape index (κ2) is 5.93. The number of ether oxygens (including phenoxy) is 1. The average molecular weight is 308 g/mol. The lowest BCUT2D eigenvalue weighted by Gasteiger charge is -2.13. The maximum atomic E-state index is 6.15. The molecule has 4 nitrogen and oxygen atoms in total. The molecule has 2 aromatic rings. The molecule has 0 aliphatic heterocycles. The Hall–Kier alpha value is -1.46. The van der Waals surface area contributed by atoms with E-state index in [9.17, 15) is 0 Å². The molecular formula is C13H14BrN3O. The Balaban J connectivity index is 2.16. The van der Waals surface area contributed by atoms with Gasteiger partial charge in [0.15, 0.2) is 0 Å². The molecule has 1 unspecified atom stereocenters. The Morgan fingerprint density at radius 3 is 2.56 bits per heavy atom. The molecule has 0 saturated carbocycles. The van der Waals surface area contributed by atoms with Crippen LogP contribution in [0.2, 0.25) is 0 Å². The lowest BCUT2D eigenvalue weighted by atomic mass is 10.0. The van der Waals surface area contributed by atoms with Gasteiger partial charge in [0.2, 0.25) is 5.88 Å². The van der Waals surface area contributed by atoms with Crippen LogP contribution in [0, 0.1) is 0 Å². The summed E-state index contributed by atoms with van der Waals surface area (Å²) in [5.74, 6) is 0.488. The predicted octanol–water partition coefficient (Wildman–Crippen LogP) is 2.49. The first-order valence-electron chi connectivity index (χ1n) is 5.55. The van der Waals surface area contributed by atoms with Crippen molar-refractivity contribution in [1.29, 1.82) is 0 Å². The molecule has 0 amide bonds. The molecule has 1 aromatic heterocycles. The highest BCUT2D eigenvalue weighted by molar-refractivity contribution is 9.10. The third-order valence-corrected chi connectivity index (χ3v) is 3.13. The van der Waals surface area contributed by atoms with E-state index in [1.54, 1.807) is 19.5 Å². The molecule has 0 bridgehead atoms. The van der Waals surface area contributed by atoms with Crippen LogP contribution in [0.1, 0.15) is 17.3 Å². The number of halogens is 1. The molecule has 1 atom stereocenters. The summed E-state index contributed by atoms with van der Waals surface area (Å²) in [5, 5.41) is 0. The lowest BCUT2D eigenvalue weighted by molar-refractivity contribution is 0.384. The Labute approximate surface area is 114 Å². The summed E-state index contributed by atoms with van der Waals surface area (Å²) >= 11 is 3.41. The first kappa shape index (κ1) is 13.0. The largest absolute Gasteiger partial charge is 0.480 e. The number of benzene rings is 1. The van der Waals surface area contributed by atoms with Gasteiger partial charge in [0, 0.05) is 16.9 Å². The molecule has 0 aliphatic carbocycles. The normalized spacial score (nSPS) is 12.2. The average Bonchev–Trinajstić information content (AvgIpc) is 2.41. The van der Waals surface area contributed by atoms with Gasteiger partial charge < -0.3 is 10.5 Å². The summed E-state index contributed by atoms with van der Waals surface area (Å²) in [5.41, 5.74) is 7.98. The molecule has 0 spiro atoms. The van der Waals surface area contributed by atoms with E-state index in [-0.39, 0.29) is 6.04 Å². The number of hydrogen-bond donors (Lipinski definition) is 1. The van der Waals surface area contributed by atoms with Crippen molar-refractivity contribution in [3.8, 4) is 5.88 Å². The highest BCUT2D eigenvalue weighted by Crippen LogP contribution is 2.22. The Bertz CT molecular complexity index is 516. The summed E-state index contributed by atoms with van der Waals surface area (Å²) in [6.45, 7) is 0. The van der Waals surface area contributed by atoms with Crippen molar-refractivity contribution in [2.45, 2.75) is 12.5 Å². The van der Waals surface area contributed by atoms with Gasteiger partial charge in [-0.25, -0.2) is 4.98 Å². The van der Waals surface area contributed by atoms with E-state index >= 15 is 0 Å². The van der Waals surface area contributed by atoms with Crippen molar-refractivity contribution in [3.63, 3.8) is 0 Å². The first-order chi connectivity index (χ1) is 8.70. The van der Waals surface area contributed by atoms with Crippen molar-refractivity contribution < 1.29 is 4.74 Å². The molecule has 0 aliphatic rings. The minimum absolute atomic E-state index is 0.227. The number of rotatable bonds is 4. The van der Waals surface area contributed by atoms with Crippen LogP contribution in [-0.2, 0) is 6.42 Å². The number of methoxy groups -OCH3 is 1. The van der Waals surface area contributed by atoms with E-state index in [2.05, 4.69) is 25.9 Å². The monoisotopic (exact) mass is 307 g/mol. The van der Waals surface area contributed by atoms with Crippen LogP contribution < -0.4 is 10.5 Å². The standard InChI is InChI=1S/C13H14BrN3O/c1-18-13-12(16-6-7-17-13)11(15)8-9-2-4-10(14)5-3-9/h2-7,11H,8,15H2,1H3. The van der Waals surface area contributed by atoms with Gasteiger partial charge in [0.1, 0.15) is 5.69 Å². The minimum atomic E-state index is -0.227. The highest BCUT2D eigenvalue weighted by atomic mass is 79.9. The van der Waals surface area contributed by atoms with E-state index in [1.807, 2.05) is 24.3 Å². The van der Waals surface area contributed by atoms with Crippen LogP contribution in [0.25, 0.3) is 0 Å². The van der Waals surface area contributed by atoms with Gasteiger partial charge in [-0.3, -0.25) is 4.98 Å². The fourth-order valence-electron chi connectivity index (χ4n) is 1.72. The van der Waals surface area contributed by atoms with Crippen molar-refractivity contribution in [1.82, 2.24) is 9.97 Å². The van der Waals surface area contributed by atoms with Crippen LogP contribution in [0.15, 0.2) is 41.1 Å². The van der Waals surface area contributed by atoms with E-state index in [0.29, 0.717) is 18.0 Å². The van der Waals surface area contributed by atoms with Crippen molar-refractivity contribution in [2.24, 2.45) is 5.73 Å².